The highest BCUT2D eigenvalue weighted by molar-refractivity contribution is 8.14. The molecule has 0 unspecified atom stereocenters. The van der Waals surface area contributed by atoms with Gasteiger partial charge in [-0.2, -0.15) is 0 Å². The Morgan fingerprint density at radius 2 is 2.12 bits per heavy atom. The summed E-state index contributed by atoms with van der Waals surface area (Å²) in [6.07, 6.45) is 0. The minimum Gasteiger partial charge on any atom is -0.301 e. The highest BCUT2D eigenvalue weighted by Crippen LogP contribution is 2.26. The van der Waals surface area contributed by atoms with Crippen LogP contribution in [0.5, 0.6) is 0 Å². The Hall–Kier alpha value is -0.880. The number of nitrogens with zero attached hydrogens (tertiary/aromatic N) is 1. The summed E-state index contributed by atoms with van der Waals surface area (Å²) in [5.74, 6) is -0.0558. The molecule has 1 N–H and O–H groups in total. The molecule has 0 aliphatic carbocycles. The molecular weight excluding hydrogens is 256 g/mol. The zero-order valence-corrected chi connectivity index (χ0v) is 12.0. The van der Waals surface area contributed by atoms with Crippen LogP contribution in [0.1, 0.15) is 33.4 Å². The summed E-state index contributed by atoms with van der Waals surface area (Å²) in [7, 11) is 0. The number of anilines is 1. The number of nitrogens with one attached hydrogen (secondary N) is 1. The van der Waals surface area contributed by atoms with E-state index < -0.39 is 0 Å². The Labute approximate surface area is 109 Å². The van der Waals surface area contributed by atoms with Crippen LogP contribution in [0.25, 0.3) is 0 Å². The van der Waals surface area contributed by atoms with Crippen molar-refractivity contribution >= 4 is 39.3 Å². The second-order valence-corrected chi connectivity index (χ2v) is 6.63. The van der Waals surface area contributed by atoms with Gasteiger partial charge in [-0.25, -0.2) is 4.98 Å². The fraction of sp³-hybridized carbons (Fsp3) is 0.545. The van der Waals surface area contributed by atoms with E-state index in [1.54, 1.807) is 0 Å². The second kappa shape index (κ2) is 5.64. The fourth-order valence-corrected chi connectivity index (χ4v) is 2.36. The third-order valence-corrected chi connectivity index (χ3v) is 3.50. The van der Waals surface area contributed by atoms with Crippen LogP contribution in [0.2, 0.25) is 0 Å². The average Bonchev–Trinajstić information content (AvgIpc) is 2.62. The van der Waals surface area contributed by atoms with Crippen molar-refractivity contribution in [3.63, 3.8) is 0 Å². The average molecular weight is 272 g/mol. The van der Waals surface area contributed by atoms with E-state index in [1.165, 1.54) is 18.3 Å². The smallest absolute Gasteiger partial charge is 0.236 e. The number of thioether (sulfide) groups is 1. The second-order valence-electron chi connectivity index (χ2n) is 4.62. The maximum Gasteiger partial charge on any atom is 0.236 e. The molecule has 17 heavy (non-hydrogen) atoms. The summed E-state index contributed by atoms with van der Waals surface area (Å²) in [6.45, 7) is 7.65. The highest BCUT2D eigenvalue weighted by atomic mass is 32.2. The molecule has 94 valence electrons. The normalized spacial score (nSPS) is 11.3. The Morgan fingerprint density at radius 1 is 1.47 bits per heavy atom. The Bertz CT molecular complexity index is 421. The first-order valence-electron chi connectivity index (χ1n) is 5.18. The zero-order chi connectivity index (χ0) is 13.1. The molecule has 0 spiro atoms. The van der Waals surface area contributed by atoms with Crippen LogP contribution in [0.15, 0.2) is 5.38 Å². The molecule has 0 radical (unpaired) electrons. The van der Waals surface area contributed by atoms with Gasteiger partial charge in [0.05, 0.1) is 11.4 Å². The Morgan fingerprint density at radius 3 is 2.59 bits per heavy atom. The lowest BCUT2D eigenvalue weighted by molar-refractivity contribution is -0.114. The van der Waals surface area contributed by atoms with Crippen LogP contribution in [-0.2, 0) is 15.0 Å². The molecule has 0 atom stereocenters. The van der Waals surface area contributed by atoms with Gasteiger partial charge in [0.15, 0.2) is 10.2 Å². The van der Waals surface area contributed by atoms with Crippen LogP contribution < -0.4 is 5.32 Å². The number of amides is 1. The summed E-state index contributed by atoms with van der Waals surface area (Å²) in [4.78, 5) is 26.5. The first-order chi connectivity index (χ1) is 7.79. The molecule has 0 saturated heterocycles. The van der Waals surface area contributed by atoms with Crippen molar-refractivity contribution in [3.05, 3.63) is 11.1 Å². The van der Waals surface area contributed by atoms with Gasteiger partial charge in [0.2, 0.25) is 5.91 Å². The van der Waals surface area contributed by atoms with E-state index in [4.69, 9.17) is 0 Å². The van der Waals surface area contributed by atoms with E-state index in [0.717, 1.165) is 17.5 Å². The summed E-state index contributed by atoms with van der Waals surface area (Å²) < 4.78 is 0. The Balaban J connectivity index is 2.55. The molecule has 0 fully saturated rings. The lowest BCUT2D eigenvalue weighted by Crippen LogP contribution is -2.16. The van der Waals surface area contributed by atoms with Crippen LogP contribution >= 0.6 is 23.1 Å². The molecule has 0 aliphatic heterocycles. The molecule has 4 nitrogen and oxygen atoms in total. The van der Waals surface area contributed by atoms with Gasteiger partial charge in [0.1, 0.15) is 0 Å². The molecule has 0 aliphatic rings. The predicted octanol–water partition coefficient (Wildman–Crippen LogP) is 2.66. The standard InChI is InChI=1S/C11H16N2O2S2/c1-7(14)16-6-9(15)13-10-12-8(5-17-10)11(2,3)4/h5H,6H2,1-4H3,(H,12,13,15). The molecule has 0 saturated carbocycles. The number of carbonyl (C=O) groups excluding carboxylic acids is 2. The third kappa shape index (κ3) is 4.87. The van der Waals surface area contributed by atoms with E-state index in [-0.39, 0.29) is 22.2 Å². The molecule has 6 heteroatoms. The van der Waals surface area contributed by atoms with Crippen LogP contribution in [0.3, 0.4) is 0 Å². The zero-order valence-electron chi connectivity index (χ0n) is 10.4. The SMILES string of the molecule is CC(=O)SCC(=O)Nc1nc(C(C)(C)C)cs1. The molecule has 0 bridgehead atoms. The van der Waals surface area contributed by atoms with Gasteiger partial charge in [-0.05, 0) is 0 Å². The van der Waals surface area contributed by atoms with Gasteiger partial charge in [-0.3, -0.25) is 9.59 Å². The molecule has 1 amide bonds. The van der Waals surface area contributed by atoms with Crippen molar-refractivity contribution in [2.45, 2.75) is 33.1 Å². The molecule has 1 aromatic rings. The van der Waals surface area contributed by atoms with Crippen LogP contribution in [0, 0.1) is 0 Å². The van der Waals surface area contributed by atoms with Crippen LogP contribution in [0.4, 0.5) is 5.13 Å². The molecule has 1 heterocycles. The number of carbonyl (C=O) groups is 2. The van der Waals surface area contributed by atoms with Gasteiger partial charge in [0, 0.05) is 17.7 Å². The quantitative estimate of drug-likeness (QED) is 0.919. The lowest BCUT2D eigenvalue weighted by atomic mass is 9.93. The van der Waals surface area contributed by atoms with Gasteiger partial charge in [-0.1, -0.05) is 32.5 Å². The Kier molecular flexibility index (Phi) is 4.70. The fourth-order valence-electron chi connectivity index (χ4n) is 0.998. The summed E-state index contributed by atoms with van der Waals surface area (Å²) >= 11 is 2.40. The van der Waals surface area contributed by atoms with Gasteiger partial charge in [0.25, 0.3) is 0 Å². The minimum atomic E-state index is -0.194. The minimum absolute atomic E-state index is 0.0202. The number of rotatable bonds is 3. The van der Waals surface area contributed by atoms with Crippen LogP contribution in [-0.4, -0.2) is 21.8 Å². The van der Waals surface area contributed by atoms with Crippen molar-refractivity contribution in [2.75, 3.05) is 11.1 Å². The van der Waals surface area contributed by atoms with Crippen molar-refractivity contribution in [1.29, 1.82) is 0 Å². The van der Waals surface area contributed by atoms with Gasteiger partial charge in [-0.15, -0.1) is 11.3 Å². The van der Waals surface area contributed by atoms with Crippen molar-refractivity contribution < 1.29 is 9.59 Å². The van der Waals surface area contributed by atoms with E-state index in [1.807, 2.05) is 5.38 Å². The molecule has 1 aromatic heterocycles. The largest absolute Gasteiger partial charge is 0.301 e. The van der Waals surface area contributed by atoms with Crippen molar-refractivity contribution in [3.8, 4) is 0 Å². The summed E-state index contributed by atoms with van der Waals surface area (Å²) in [5.41, 5.74) is 0.935. The van der Waals surface area contributed by atoms with E-state index in [0.29, 0.717) is 5.13 Å². The monoisotopic (exact) mass is 272 g/mol. The van der Waals surface area contributed by atoms with E-state index in [2.05, 4.69) is 31.1 Å². The molecule has 1 rings (SSSR count). The lowest BCUT2D eigenvalue weighted by Gasteiger charge is -2.14. The molecule has 0 aromatic carbocycles. The van der Waals surface area contributed by atoms with Crippen molar-refractivity contribution in [2.24, 2.45) is 0 Å². The number of hydrogen-bond acceptors (Lipinski definition) is 5. The number of thiazole rings is 1. The topological polar surface area (TPSA) is 59.1 Å². The number of hydrogen-bond donors (Lipinski definition) is 1. The maximum absolute atomic E-state index is 11.5. The first-order valence-corrected chi connectivity index (χ1v) is 7.05. The molecular formula is C11H16N2O2S2. The van der Waals surface area contributed by atoms with Gasteiger partial charge >= 0.3 is 0 Å². The first kappa shape index (κ1) is 14.2. The summed E-state index contributed by atoms with van der Waals surface area (Å²) in [6, 6.07) is 0. The van der Waals surface area contributed by atoms with Crippen molar-refractivity contribution in [1.82, 2.24) is 4.98 Å². The van der Waals surface area contributed by atoms with Gasteiger partial charge < -0.3 is 5.32 Å². The predicted molar refractivity (Wildman–Crippen MR) is 72.6 cm³/mol. The van der Waals surface area contributed by atoms with E-state index >= 15 is 0 Å². The van der Waals surface area contributed by atoms with E-state index in [9.17, 15) is 9.59 Å². The maximum atomic E-state index is 11.5. The third-order valence-electron chi connectivity index (χ3n) is 1.93. The summed E-state index contributed by atoms with van der Waals surface area (Å²) in [5, 5.41) is 5.15. The number of aromatic nitrogens is 1. The highest BCUT2D eigenvalue weighted by Gasteiger charge is 2.18.